The summed E-state index contributed by atoms with van der Waals surface area (Å²) in [6.07, 6.45) is -0.879. The van der Waals surface area contributed by atoms with E-state index >= 15 is 0 Å². The number of anilines is 1. The molecule has 2 aliphatic rings. The summed E-state index contributed by atoms with van der Waals surface area (Å²) in [5.74, 6) is -0.624. The number of carbonyl (C=O) groups is 1. The lowest BCUT2D eigenvalue weighted by Crippen LogP contribution is -2.51. The van der Waals surface area contributed by atoms with Gasteiger partial charge in [-0.1, -0.05) is 6.08 Å². The van der Waals surface area contributed by atoms with E-state index < -0.39 is 12.5 Å². The molecular weight excluding hydrogens is 467 g/mol. The van der Waals surface area contributed by atoms with Gasteiger partial charge in [-0.2, -0.15) is 5.10 Å². The number of aliphatic hydroxyl groups is 2. The molecule has 0 aliphatic carbocycles. The van der Waals surface area contributed by atoms with Crippen LogP contribution >= 0.6 is 0 Å². The molecule has 1 amide bonds. The normalized spacial score (nSPS) is 17.2. The number of alkyl halides is 3. The number of likely N-dealkylation sites (tertiary alicyclic amines) is 1. The lowest BCUT2D eigenvalue weighted by molar-refractivity contribution is -0.274. The molecule has 2 N–H and O–H groups in total. The van der Waals surface area contributed by atoms with Crippen molar-refractivity contribution in [1.29, 1.82) is 0 Å². The van der Waals surface area contributed by atoms with Gasteiger partial charge in [-0.25, -0.2) is 9.67 Å². The fourth-order valence-electron chi connectivity index (χ4n) is 4.31. The van der Waals surface area contributed by atoms with Gasteiger partial charge in [0.05, 0.1) is 35.2 Å². The first-order valence-electron chi connectivity index (χ1n) is 11.0. The molecule has 0 bridgehead atoms. The number of pyridine rings is 1. The van der Waals surface area contributed by atoms with Crippen LogP contribution in [0.5, 0.6) is 5.75 Å². The summed E-state index contributed by atoms with van der Waals surface area (Å²) in [6.45, 7) is 1.57. The third kappa shape index (κ3) is 4.54. The van der Waals surface area contributed by atoms with Crippen LogP contribution in [0.2, 0.25) is 0 Å². The first-order chi connectivity index (χ1) is 16.7. The molecule has 0 radical (unpaired) electrons. The maximum absolute atomic E-state index is 12.5. The average Bonchev–Trinajstić information content (AvgIpc) is 3.13. The first kappa shape index (κ1) is 23.1. The van der Waals surface area contributed by atoms with Crippen molar-refractivity contribution in [2.45, 2.75) is 18.4 Å². The van der Waals surface area contributed by atoms with Crippen molar-refractivity contribution in [2.75, 3.05) is 37.7 Å². The zero-order valence-electron chi connectivity index (χ0n) is 18.4. The molecule has 0 unspecified atom stereocenters. The summed E-state index contributed by atoms with van der Waals surface area (Å²) in [5, 5.41) is 24.2. The third-order valence-corrected chi connectivity index (χ3v) is 6.04. The number of hydrogen-bond donors (Lipinski definition) is 2. The summed E-state index contributed by atoms with van der Waals surface area (Å²) in [7, 11) is 0. The number of halogens is 3. The summed E-state index contributed by atoms with van der Waals surface area (Å²) in [5.41, 5.74) is 2.59. The number of rotatable bonds is 6. The number of aliphatic hydroxyl groups excluding tert-OH is 2. The van der Waals surface area contributed by atoms with E-state index in [1.807, 2.05) is 11.0 Å². The summed E-state index contributed by atoms with van der Waals surface area (Å²) >= 11 is 0. The van der Waals surface area contributed by atoms with Crippen LogP contribution in [0.1, 0.15) is 11.6 Å². The van der Waals surface area contributed by atoms with Crippen LogP contribution in [0.3, 0.4) is 0 Å². The zero-order chi connectivity index (χ0) is 24.7. The number of hydrogen-bond acceptors (Lipinski definition) is 7. The van der Waals surface area contributed by atoms with Crippen molar-refractivity contribution >= 4 is 22.6 Å². The van der Waals surface area contributed by atoms with Crippen LogP contribution in [-0.2, 0) is 4.79 Å². The SMILES string of the molecule is O=C(/C=C/CO)N1CC(c2nn(-c3ccc(OC(F)(F)F)cc3)c3nccc(N4CC(O)C4)c23)C1. The quantitative estimate of drug-likeness (QED) is 0.511. The van der Waals surface area contributed by atoms with Crippen molar-refractivity contribution in [3.05, 3.63) is 54.4 Å². The molecule has 2 saturated heterocycles. The van der Waals surface area contributed by atoms with E-state index in [0.29, 0.717) is 37.5 Å². The number of amides is 1. The highest BCUT2D eigenvalue weighted by atomic mass is 19.4. The molecule has 2 fully saturated rings. The van der Waals surface area contributed by atoms with E-state index in [4.69, 9.17) is 10.2 Å². The molecule has 0 atom stereocenters. The molecule has 4 heterocycles. The molecule has 12 heteroatoms. The summed E-state index contributed by atoms with van der Waals surface area (Å²) in [6, 6.07) is 7.20. The number of ether oxygens (including phenoxy) is 1. The van der Waals surface area contributed by atoms with E-state index in [-0.39, 0.29) is 24.2 Å². The number of nitrogens with zero attached hydrogens (tertiary/aromatic N) is 5. The highest BCUT2D eigenvalue weighted by Gasteiger charge is 2.37. The van der Waals surface area contributed by atoms with Crippen LogP contribution < -0.4 is 9.64 Å². The second kappa shape index (κ2) is 8.86. The molecule has 1 aromatic carbocycles. The van der Waals surface area contributed by atoms with E-state index in [0.717, 1.165) is 16.8 Å². The van der Waals surface area contributed by atoms with Crippen molar-refractivity contribution in [2.24, 2.45) is 0 Å². The van der Waals surface area contributed by atoms with Gasteiger partial charge >= 0.3 is 6.36 Å². The Morgan fingerprint density at radius 2 is 1.86 bits per heavy atom. The maximum atomic E-state index is 12.5. The van der Waals surface area contributed by atoms with E-state index in [2.05, 4.69) is 9.72 Å². The Bertz CT molecular complexity index is 1260. The lowest BCUT2D eigenvalue weighted by Gasteiger charge is -2.40. The Morgan fingerprint density at radius 1 is 1.14 bits per heavy atom. The van der Waals surface area contributed by atoms with Crippen LogP contribution in [0, 0.1) is 0 Å². The number of carbonyl (C=O) groups excluding carboxylic acids is 1. The van der Waals surface area contributed by atoms with Crippen molar-refractivity contribution in [1.82, 2.24) is 19.7 Å². The predicted molar refractivity (Wildman–Crippen MR) is 119 cm³/mol. The molecule has 9 nitrogen and oxygen atoms in total. The molecular formula is C23H22F3N5O4. The van der Waals surface area contributed by atoms with Crippen LogP contribution in [0.15, 0.2) is 48.7 Å². The Hall–Kier alpha value is -3.64. The number of β-amino-alcohol motifs (C(OH)–C–C–N with tert-alkyl or cyclic N) is 1. The molecule has 2 aliphatic heterocycles. The van der Waals surface area contributed by atoms with Gasteiger partial charge in [0.1, 0.15) is 5.75 Å². The zero-order valence-corrected chi connectivity index (χ0v) is 18.4. The van der Waals surface area contributed by atoms with Crippen LogP contribution in [-0.4, -0.2) is 81.0 Å². The summed E-state index contributed by atoms with van der Waals surface area (Å²) < 4.78 is 43.1. The maximum Gasteiger partial charge on any atom is 0.573 e. The smallest absolute Gasteiger partial charge is 0.406 e. The third-order valence-electron chi connectivity index (χ3n) is 6.04. The lowest BCUT2D eigenvalue weighted by atomic mass is 9.93. The Balaban J connectivity index is 1.51. The minimum Gasteiger partial charge on any atom is -0.406 e. The fourth-order valence-corrected chi connectivity index (χ4v) is 4.31. The summed E-state index contributed by atoms with van der Waals surface area (Å²) in [4.78, 5) is 20.4. The van der Waals surface area contributed by atoms with Crippen molar-refractivity contribution < 1.29 is 32.9 Å². The largest absolute Gasteiger partial charge is 0.573 e. The minimum absolute atomic E-state index is 0.0767. The second-order valence-electron chi connectivity index (χ2n) is 8.45. The van der Waals surface area contributed by atoms with Gasteiger partial charge in [0.15, 0.2) is 5.65 Å². The van der Waals surface area contributed by atoms with E-state index in [1.54, 1.807) is 15.8 Å². The molecule has 0 spiro atoms. The van der Waals surface area contributed by atoms with Crippen LogP contribution in [0.25, 0.3) is 16.7 Å². The standard InChI is InChI=1S/C23H22F3N5O4/c24-23(25,26)35-17-5-3-15(4-6-17)31-22-20(18(7-8-27-22)29-12-16(33)13-29)21(28-31)14-10-30(11-14)19(34)2-1-9-32/h1-8,14,16,32-33H,9-13H2/b2-1+. The highest BCUT2D eigenvalue weighted by Crippen LogP contribution is 2.38. The second-order valence-corrected chi connectivity index (χ2v) is 8.45. The van der Waals surface area contributed by atoms with E-state index in [1.165, 1.54) is 36.4 Å². The number of aromatic nitrogens is 3. The molecule has 35 heavy (non-hydrogen) atoms. The van der Waals surface area contributed by atoms with Gasteiger partial charge in [-0.3, -0.25) is 4.79 Å². The molecule has 3 aromatic rings. The Kier molecular flexibility index (Phi) is 5.85. The van der Waals surface area contributed by atoms with Crippen molar-refractivity contribution in [3.8, 4) is 11.4 Å². The Labute approximate surface area is 197 Å². The van der Waals surface area contributed by atoms with Gasteiger partial charge in [0.2, 0.25) is 5.91 Å². The van der Waals surface area contributed by atoms with E-state index in [9.17, 15) is 23.1 Å². The van der Waals surface area contributed by atoms with Gasteiger partial charge in [0.25, 0.3) is 0 Å². The van der Waals surface area contributed by atoms with Crippen LogP contribution in [0.4, 0.5) is 18.9 Å². The Morgan fingerprint density at radius 3 is 2.49 bits per heavy atom. The molecule has 2 aromatic heterocycles. The fraction of sp³-hybridized carbons (Fsp3) is 0.348. The van der Waals surface area contributed by atoms with Gasteiger partial charge < -0.3 is 24.7 Å². The minimum atomic E-state index is -4.79. The monoisotopic (exact) mass is 489 g/mol. The predicted octanol–water partition coefficient (Wildman–Crippen LogP) is 1.97. The molecule has 184 valence electrons. The topological polar surface area (TPSA) is 104 Å². The first-order valence-corrected chi connectivity index (χ1v) is 11.0. The number of benzene rings is 1. The number of fused-ring (bicyclic) bond motifs is 1. The molecule has 5 rings (SSSR count). The van der Waals surface area contributed by atoms with Gasteiger partial charge in [-0.15, -0.1) is 13.2 Å². The van der Waals surface area contributed by atoms with Gasteiger partial charge in [-0.05, 0) is 30.3 Å². The van der Waals surface area contributed by atoms with Crippen molar-refractivity contribution in [3.63, 3.8) is 0 Å². The average molecular weight is 489 g/mol. The highest BCUT2D eigenvalue weighted by molar-refractivity contribution is 5.94. The van der Waals surface area contributed by atoms with Gasteiger partial charge in [0, 0.05) is 44.4 Å². The molecule has 0 saturated carbocycles.